The lowest BCUT2D eigenvalue weighted by molar-refractivity contribution is -0.131. The van der Waals surface area contributed by atoms with Crippen LogP contribution in [0.1, 0.15) is 13.3 Å². The number of likely N-dealkylation sites (tertiary alicyclic amines) is 1. The van der Waals surface area contributed by atoms with Crippen LogP contribution in [0.5, 0.6) is 0 Å². The summed E-state index contributed by atoms with van der Waals surface area (Å²) in [6.07, 6.45) is 1.07. The van der Waals surface area contributed by atoms with Crippen molar-refractivity contribution in [2.24, 2.45) is 5.73 Å². The van der Waals surface area contributed by atoms with Crippen LogP contribution in [0.4, 0.5) is 0 Å². The van der Waals surface area contributed by atoms with Crippen molar-refractivity contribution in [1.82, 2.24) is 9.80 Å². The number of rotatable bonds is 2. The van der Waals surface area contributed by atoms with E-state index in [9.17, 15) is 4.79 Å². The second kappa shape index (κ2) is 5.12. The molecule has 16 heavy (non-hydrogen) atoms. The van der Waals surface area contributed by atoms with Gasteiger partial charge in [0.2, 0.25) is 5.91 Å². The van der Waals surface area contributed by atoms with Crippen LogP contribution >= 0.6 is 0 Å². The average molecular weight is 227 g/mol. The molecule has 0 aliphatic carbocycles. The van der Waals surface area contributed by atoms with Crippen LogP contribution in [0.25, 0.3) is 0 Å². The summed E-state index contributed by atoms with van der Waals surface area (Å²) in [5, 5.41) is 0. The van der Waals surface area contributed by atoms with Gasteiger partial charge in [-0.25, -0.2) is 0 Å². The first-order chi connectivity index (χ1) is 7.68. The molecule has 5 heteroatoms. The molecule has 92 valence electrons. The van der Waals surface area contributed by atoms with Gasteiger partial charge in [0.05, 0.1) is 19.3 Å². The van der Waals surface area contributed by atoms with Gasteiger partial charge in [0.15, 0.2) is 0 Å². The maximum absolute atomic E-state index is 11.7. The standard InChI is InChI=1S/C11H21N3O2/c1-9(12)11(15)14-3-2-10(8-14)13-4-6-16-7-5-13/h9-10H,2-8,12H2,1H3/t9-,10?/m1/s1. The highest BCUT2D eigenvalue weighted by Crippen LogP contribution is 2.17. The summed E-state index contributed by atoms with van der Waals surface area (Å²) in [4.78, 5) is 16.1. The van der Waals surface area contributed by atoms with Gasteiger partial charge in [0, 0.05) is 32.2 Å². The van der Waals surface area contributed by atoms with E-state index in [0.29, 0.717) is 6.04 Å². The van der Waals surface area contributed by atoms with Crippen LogP contribution in [0.15, 0.2) is 0 Å². The molecule has 2 atom stereocenters. The zero-order chi connectivity index (χ0) is 11.5. The Balaban J connectivity index is 1.85. The molecule has 2 aliphatic heterocycles. The van der Waals surface area contributed by atoms with Crippen molar-refractivity contribution in [3.63, 3.8) is 0 Å². The van der Waals surface area contributed by atoms with E-state index in [2.05, 4.69) is 4.90 Å². The molecule has 1 amide bonds. The van der Waals surface area contributed by atoms with E-state index in [-0.39, 0.29) is 11.9 Å². The van der Waals surface area contributed by atoms with Gasteiger partial charge >= 0.3 is 0 Å². The molecule has 0 radical (unpaired) electrons. The van der Waals surface area contributed by atoms with Gasteiger partial charge in [0.1, 0.15) is 0 Å². The van der Waals surface area contributed by atoms with Crippen molar-refractivity contribution in [3.8, 4) is 0 Å². The number of morpholine rings is 1. The number of hydrogen-bond donors (Lipinski definition) is 1. The van der Waals surface area contributed by atoms with Crippen molar-refractivity contribution in [1.29, 1.82) is 0 Å². The molecule has 2 aliphatic rings. The molecule has 2 N–H and O–H groups in total. The fourth-order valence-electron chi connectivity index (χ4n) is 2.47. The van der Waals surface area contributed by atoms with Crippen LogP contribution in [0.3, 0.4) is 0 Å². The molecule has 2 fully saturated rings. The molecule has 1 unspecified atom stereocenters. The first-order valence-corrected chi connectivity index (χ1v) is 6.04. The van der Waals surface area contributed by atoms with Gasteiger partial charge < -0.3 is 15.4 Å². The van der Waals surface area contributed by atoms with Gasteiger partial charge in [0.25, 0.3) is 0 Å². The second-order valence-electron chi connectivity index (χ2n) is 4.66. The lowest BCUT2D eigenvalue weighted by Crippen LogP contribution is -2.46. The number of carbonyl (C=O) groups is 1. The minimum absolute atomic E-state index is 0.0794. The van der Waals surface area contributed by atoms with Gasteiger partial charge in [-0.05, 0) is 13.3 Å². The predicted octanol–water partition coefficient (Wildman–Crippen LogP) is -0.733. The molecule has 0 spiro atoms. The monoisotopic (exact) mass is 227 g/mol. The predicted molar refractivity (Wildman–Crippen MR) is 61.0 cm³/mol. The van der Waals surface area contributed by atoms with Crippen LogP contribution in [0.2, 0.25) is 0 Å². The molecule has 0 aromatic carbocycles. The fraction of sp³-hybridized carbons (Fsp3) is 0.909. The number of carbonyl (C=O) groups excluding carboxylic acids is 1. The van der Waals surface area contributed by atoms with Gasteiger partial charge in [-0.3, -0.25) is 9.69 Å². The second-order valence-corrected chi connectivity index (χ2v) is 4.66. The quantitative estimate of drug-likeness (QED) is 0.675. The highest BCUT2D eigenvalue weighted by Gasteiger charge is 2.31. The molecule has 0 aromatic heterocycles. The summed E-state index contributed by atoms with van der Waals surface area (Å²) in [6.45, 7) is 7.05. The Labute approximate surface area is 96.5 Å². The van der Waals surface area contributed by atoms with Crippen molar-refractivity contribution < 1.29 is 9.53 Å². The number of nitrogens with zero attached hydrogens (tertiary/aromatic N) is 2. The minimum atomic E-state index is -0.372. The summed E-state index contributed by atoms with van der Waals surface area (Å²) in [6, 6.07) is 0.134. The SMILES string of the molecule is C[C@@H](N)C(=O)N1CCC(N2CCOCC2)C1. The van der Waals surface area contributed by atoms with Crippen LogP contribution < -0.4 is 5.73 Å². The molecule has 0 bridgehead atoms. The van der Waals surface area contributed by atoms with Gasteiger partial charge in [-0.1, -0.05) is 0 Å². The number of nitrogens with two attached hydrogens (primary N) is 1. The largest absolute Gasteiger partial charge is 0.379 e. The molecular weight excluding hydrogens is 206 g/mol. The Kier molecular flexibility index (Phi) is 3.78. The third-order valence-corrected chi connectivity index (χ3v) is 3.43. The first-order valence-electron chi connectivity index (χ1n) is 6.04. The summed E-state index contributed by atoms with van der Waals surface area (Å²) in [5.74, 6) is 0.0794. The molecule has 2 saturated heterocycles. The summed E-state index contributed by atoms with van der Waals surface area (Å²) in [5.41, 5.74) is 5.61. The molecule has 0 saturated carbocycles. The maximum Gasteiger partial charge on any atom is 0.239 e. The topological polar surface area (TPSA) is 58.8 Å². The zero-order valence-corrected chi connectivity index (χ0v) is 9.89. The fourth-order valence-corrected chi connectivity index (χ4v) is 2.47. The third-order valence-electron chi connectivity index (χ3n) is 3.43. The Morgan fingerprint density at radius 1 is 1.38 bits per heavy atom. The van der Waals surface area contributed by atoms with E-state index in [1.54, 1.807) is 6.92 Å². The third kappa shape index (κ3) is 2.53. The molecule has 2 heterocycles. The number of hydrogen-bond acceptors (Lipinski definition) is 4. The summed E-state index contributed by atoms with van der Waals surface area (Å²) < 4.78 is 5.33. The highest BCUT2D eigenvalue weighted by atomic mass is 16.5. The smallest absolute Gasteiger partial charge is 0.239 e. The Morgan fingerprint density at radius 2 is 2.06 bits per heavy atom. The summed E-state index contributed by atoms with van der Waals surface area (Å²) >= 11 is 0. The number of amides is 1. The van der Waals surface area contributed by atoms with Gasteiger partial charge in [-0.15, -0.1) is 0 Å². The van der Waals surface area contributed by atoms with E-state index in [1.165, 1.54) is 0 Å². The van der Waals surface area contributed by atoms with Crippen LogP contribution in [-0.2, 0) is 9.53 Å². The number of ether oxygens (including phenoxy) is 1. The maximum atomic E-state index is 11.7. The van der Waals surface area contributed by atoms with E-state index in [1.807, 2.05) is 4.90 Å². The lowest BCUT2D eigenvalue weighted by atomic mass is 10.2. The minimum Gasteiger partial charge on any atom is -0.379 e. The molecule has 5 nitrogen and oxygen atoms in total. The zero-order valence-electron chi connectivity index (χ0n) is 9.89. The Bertz CT molecular complexity index is 252. The van der Waals surface area contributed by atoms with Crippen LogP contribution in [0, 0.1) is 0 Å². The molecule has 2 rings (SSSR count). The van der Waals surface area contributed by atoms with Crippen LogP contribution in [-0.4, -0.2) is 67.2 Å². The average Bonchev–Trinajstić information content (AvgIpc) is 2.78. The van der Waals surface area contributed by atoms with Crippen molar-refractivity contribution in [2.45, 2.75) is 25.4 Å². The molecule has 0 aromatic rings. The van der Waals surface area contributed by atoms with Crippen molar-refractivity contribution in [3.05, 3.63) is 0 Å². The van der Waals surface area contributed by atoms with Gasteiger partial charge in [-0.2, -0.15) is 0 Å². The first kappa shape index (κ1) is 11.8. The van der Waals surface area contributed by atoms with E-state index in [4.69, 9.17) is 10.5 Å². The van der Waals surface area contributed by atoms with E-state index >= 15 is 0 Å². The Hall–Kier alpha value is -0.650. The van der Waals surface area contributed by atoms with Crippen molar-refractivity contribution in [2.75, 3.05) is 39.4 Å². The Morgan fingerprint density at radius 3 is 2.69 bits per heavy atom. The summed E-state index contributed by atoms with van der Waals surface area (Å²) in [7, 11) is 0. The van der Waals surface area contributed by atoms with Crippen molar-refractivity contribution >= 4 is 5.91 Å². The van der Waals surface area contributed by atoms with E-state index in [0.717, 1.165) is 45.8 Å². The van der Waals surface area contributed by atoms with E-state index < -0.39 is 0 Å². The lowest BCUT2D eigenvalue weighted by Gasteiger charge is -2.32. The molecular formula is C11H21N3O2. The highest BCUT2D eigenvalue weighted by molar-refractivity contribution is 5.81. The normalized spacial score (nSPS) is 29.4.